The van der Waals surface area contributed by atoms with Crippen molar-refractivity contribution in [2.24, 2.45) is 5.92 Å². The third-order valence-electron chi connectivity index (χ3n) is 3.75. The van der Waals surface area contributed by atoms with Gasteiger partial charge in [-0.2, -0.15) is 13.2 Å². The maximum absolute atomic E-state index is 12.4. The van der Waals surface area contributed by atoms with Gasteiger partial charge in [0.1, 0.15) is 12.4 Å². The van der Waals surface area contributed by atoms with Crippen LogP contribution in [0.25, 0.3) is 0 Å². The molecule has 1 N–H and O–H groups in total. The average molecular weight is 340 g/mol. The number of aromatic nitrogens is 1. The Balaban J connectivity index is 1.37. The van der Waals surface area contributed by atoms with Crippen LogP contribution in [0.4, 0.5) is 13.2 Å². The number of pyridine rings is 1. The number of furan rings is 1. The first-order valence-corrected chi connectivity index (χ1v) is 7.42. The highest BCUT2D eigenvalue weighted by Crippen LogP contribution is 2.47. The molecule has 2 heterocycles. The van der Waals surface area contributed by atoms with Crippen molar-refractivity contribution in [2.45, 2.75) is 18.5 Å². The summed E-state index contributed by atoms with van der Waals surface area (Å²) >= 11 is 0. The van der Waals surface area contributed by atoms with Gasteiger partial charge in [0.25, 0.3) is 0 Å². The summed E-state index contributed by atoms with van der Waals surface area (Å²) in [4.78, 5) is 15.5. The van der Waals surface area contributed by atoms with E-state index in [1.54, 1.807) is 12.3 Å². The van der Waals surface area contributed by atoms with Gasteiger partial charge < -0.3 is 14.5 Å². The van der Waals surface area contributed by atoms with Crippen LogP contribution in [0, 0.1) is 5.92 Å². The molecule has 2 atom stereocenters. The SMILES string of the molecule is O=C(NCCOc1ccc(C(F)(F)F)cn1)[C@H]1C[C@H]1c1ccco1. The molecule has 1 aliphatic carbocycles. The van der Waals surface area contributed by atoms with Gasteiger partial charge in [0.15, 0.2) is 0 Å². The van der Waals surface area contributed by atoms with E-state index in [2.05, 4.69) is 10.3 Å². The topological polar surface area (TPSA) is 64.4 Å². The molecule has 1 amide bonds. The van der Waals surface area contributed by atoms with Gasteiger partial charge in [0.05, 0.1) is 18.4 Å². The van der Waals surface area contributed by atoms with Gasteiger partial charge in [0, 0.05) is 24.1 Å². The molecular formula is C16H15F3N2O3. The smallest absolute Gasteiger partial charge is 0.417 e. The third-order valence-corrected chi connectivity index (χ3v) is 3.75. The Hall–Kier alpha value is -2.51. The molecule has 128 valence electrons. The first-order chi connectivity index (χ1) is 11.4. The second-order valence-electron chi connectivity index (χ2n) is 5.49. The van der Waals surface area contributed by atoms with E-state index < -0.39 is 11.7 Å². The number of nitrogens with one attached hydrogen (secondary N) is 1. The second kappa shape index (κ2) is 6.54. The maximum atomic E-state index is 12.4. The molecule has 8 heteroatoms. The van der Waals surface area contributed by atoms with Crippen molar-refractivity contribution in [3.63, 3.8) is 0 Å². The molecule has 0 saturated heterocycles. The summed E-state index contributed by atoms with van der Waals surface area (Å²) < 4.78 is 47.7. The van der Waals surface area contributed by atoms with Gasteiger partial charge in [-0.25, -0.2) is 4.98 Å². The third kappa shape index (κ3) is 3.87. The average Bonchev–Trinajstić information content (AvgIpc) is 3.16. The Bertz CT molecular complexity index is 684. The molecule has 1 saturated carbocycles. The van der Waals surface area contributed by atoms with Crippen LogP contribution >= 0.6 is 0 Å². The highest BCUT2D eigenvalue weighted by atomic mass is 19.4. The Kier molecular flexibility index (Phi) is 4.46. The fourth-order valence-electron chi connectivity index (χ4n) is 2.40. The lowest BCUT2D eigenvalue weighted by Crippen LogP contribution is -2.29. The quantitative estimate of drug-likeness (QED) is 0.821. The number of amides is 1. The normalized spacial score (nSPS) is 19.8. The number of nitrogens with zero attached hydrogens (tertiary/aromatic N) is 1. The van der Waals surface area contributed by atoms with Gasteiger partial charge in [-0.15, -0.1) is 0 Å². The van der Waals surface area contributed by atoms with E-state index in [9.17, 15) is 18.0 Å². The molecule has 24 heavy (non-hydrogen) atoms. The van der Waals surface area contributed by atoms with Crippen molar-refractivity contribution in [3.05, 3.63) is 48.0 Å². The summed E-state index contributed by atoms with van der Waals surface area (Å²) in [6, 6.07) is 5.68. The highest BCUT2D eigenvalue weighted by molar-refractivity contribution is 5.82. The van der Waals surface area contributed by atoms with Crippen molar-refractivity contribution in [3.8, 4) is 5.88 Å². The van der Waals surface area contributed by atoms with Crippen LogP contribution in [0.2, 0.25) is 0 Å². The van der Waals surface area contributed by atoms with Crippen molar-refractivity contribution < 1.29 is 27.1 Å². The molecule has 0 radical (unpaired) electrons. The molecule has 0 aromatic carbocycles. The lowest BCUT2D eigenvalue weighted by molar-refractivity contribution is -0.137. The molecular weight excluding hydrogens is 325 g/mol. The van der Waals surface area contributed by atoms with Crippen molar-refractivity contribution in [1.29, 1.82) is 0 Å². The van der Waals surface area contributed by atoms with E-state index in [1.165, 1.54) is 0 Å². The summed E-state index contributed by atoms with van der Waals surface area (Å²) in [6.07, 6.45) is -1.38. The molecule has 0 unspecified atom stereocenters. The van der Waals surface area contributed by atoms with Crippen molar-refractivity contribution in [1.82, 2.24) is 10.3 Å². The van der Waals surface area contributed by atoms with Crippen molar-refractivity contribution >= 4 is 5.91 Å². The highest BCUT2D eigenvalue weighted by Gasteiger charge is 2.45. The number of alkyl halides is 3. The Labute approximate surface area is 135 Å². The largest absolute Gasteiger partial charge is 0.476 e. The summed E-state index contributed by atoms with van der Waals surface area (Å²) in [7, 11) is 0. The molecule has 0 bridgehead atoms. The van der Waals surface area contributed by atoms with Gasteiger partial charge >= 0.3 is 6.18 Å². The molecule has 1 fully saturated rings. The first kappa shape index (κ1) is 16.4. The minimum absolute atomic E-state index is 0.0807. The predicted octanol–water partition coefficient (Wildman–Crippen LogP) is 2.99. The fourth-order valence-corrected chi connectivity index (χ4v) is 2.40. The van der Waals surface area contributed by atoms with Crippen LogP contribution in [0.3, 0.4) is 0 Å². The van der Waals surface area contributed by atoms with Crippen LogP contribution < -0.4 is 10.1 Å². The summed E-state index contributed by atoms with van der Waals surface area (Å²) in [5.41, 5.74) is -0.833. The predicted molar refractivity (Wildman–Crippen MR) is 77.3 cm³/mol. The fraction of sp³-hybridized carbons (Fsp3) is 0.375. The standard InChI is InChI=1S/C16H15F3N2O3/c17-16(18,19)10-3-4-14(21-9-10)24-7-5-20-15(22)12-8-11(12)13-2-1-6-23-13/h1-4,6,9,11-12H,5,7-8H2,(H,20,22)/t11-,12+/m1/s1. The molecule has 0 aliphatic heterocycles. The molecule has 0 spiro atoms. The number of carbonyl (C=O) groups is 1. The van der Waals surface area contributed by atoms with Gasteiger partial charge in [-0.3, -0.25) is 4.79 Å². The van der Waals surface area contributed by atoms with Gasteiger partial charge in [0.2, 0.25) is 11.8 Å². The molecule has 2 aromatic rings. The van der Waals surface area contributed by atoms with Crippen LogP contribution in [-0.2, 0) is 11.0 Å². The zero-order chi connectivity index (χ0) is 17.2. The number of ether oxygens (including phenoxy) is 1. The van der Waals surface area contributed by atoms with Gasteiger partial charge in [-0.05, 0) is 24.6 Å². The summed E-state index contributed by atoms with van der Waals surface area (Å²) in [5.74, 6) is 0.829. The molecule has 3 rings (SSSR count). The molecule has 1 aliphatic rings. The number of hydrogen-bond acceptors (Lipinski definition) is 4. The summed E-state index contributed by atoms with van der Waals surface area (Å²) in [6.45, 7) is 0.380. The molecule has 5 nitrogen and oxygen atoms in total. The number of carbonyl (C=O) groups excluding carboxylic acids is 1. The second-order valence-corrected chi connectivity index (χ2v) is 5.49. The zero-order valence-electron chi connectivity index (χ0n) is 12.5. The van der Waals surface area contributed by atoms with E-state index in [1.807, 2.05) is 6.07 Å². The van der Waals surface area contributed by atoms with E-state index in [4.69, 9.17) is 9.15 Å². The number of halogens is 3. The summed E-state index contributed by atoms with van der Waals surface area (Å²) in [5, 5.41) is 2.73. The molecule has 2 aromatic heterocycles. The zero-order valence-corrected chi connectivity index (χ0v) is 12.5. The first-order valence-electron chi connectivity index (χ1n) is 7.42. The minimum Gasteiger partial charge on any atom is -0.476 e. The van der Waals surface area contributed by atoms with Crippen LogP contribution in [0.15, 0.2) is 41.1 Å². The monoisotopic (exact) mass is 340 g/mol. The van der Waals surface area contributed by atoms with E-state index in [-0.39, 0.29) is 36.8 Å². The van der Waals surface area contributed by atoms with Crippen LogP contribution in [0.1, 0.15) is 23.7 Å². The van der Waals surface area contributed by atoms with Gasteiger partial charge in [-0.1, -0.05) is 0 Å². The van der Waals surface area contributed by atoms with E-state index in [0.717, 1.165) is 24.3 Å². The minimum atomic E-state index is -4.42. The van der Waals surface area contributed by atoms with Crippen LogP contribution in [-0.4, -0.2) is 24.0 Å². The van der Waals surface area contributed by atoms with Crippen LogP contribution in [0.5, 0.6) is 5.88 Å². The number of hydrogen-bond donors (Lipinski definition) is 1. The lowest BCUT2D eigenvalue weighted by atomic mass is 10.2. The van der Waals surface area contributed by atoms with Crippen molar-refractivity contribution in [2.75, 3.05) is 13.2 Å². The lowest BCUT2D eigenvalue weighted by Gasteiger charge is -2.09. The Morgan fingerprint density at radius 1 is 1.38 bits per heavy atom. The Morgan fingerprint density at radius 3 is 2.83 bits per heavy atom. The number of rotatable bonds is 6. The van der Waals surface area contributed by atoms with E-state index in [0.29, 0.717) is 6.20 Å². The maximum Gasteiger partial charge on any atom is 0.417 e. The Morgan fingerprint density at radius 2 is 2.21 bits per heavy atom. The van der Waals surface area contributed by atoms with E-state index >= 15 is 0 Å².